The van der Waals surface area contributed by atoms with E-state index < -0.39 is 10.0 Å². The van der Waals surface area contributed by atoms with E-state index in [2.05, 4.69) is 4.72 Å². The summed E-state index contributed by atoms with van der Waals surface area (Å²) in [6, 6.07) is 3.10. The first kappa shape index (κ1) is 15.3. The number of hydrogen-bond acceptors (Lipinski definition) is 4. The SMILES string of the molecule is COc1c(C)cc(S(=O)(=O)NC(CN)C2CC2)cc1C. The smallest absolute Gasteiger partial charge is 0.240 e. The predicted octanol–water partition coefficient (Wildman–Crippen LogP) is 1.33. The number of sulfonamides is 1. The van der Waals surface area contributed by atoms with Crippen molar-refractivity contribution in [1.29, 1.82) is 0 Å². The highest BCUT2D eigenvalue weighted by molar-refractivity contribution is 7.89. The first-order chi connectivity index (χ1) is 9.39. The van der Waals surface area contributed by atoms with Crippen LogP contribution in [0.15, 0.2) is 17.0 Å². The molecule has 0 radical (unpaired) electrons. The third kappa shape index (κ3) is 3.13. The van der Waals surface area contributed by atoms with Crippen LogP contribution in [-0.2, 0) is 10.0 Å². The van der Waals surface area contributed by atoms with E-state index in [0.29, 0.717) is 12.5 Å². The monoisotopic (exact) mass is 298 g/mol. The van der Waals surface area contributed by atoms with Gasteiger partial charge in [0.2, 0.25) is 10.0 Å². The number of ether oxygens (including phenoxy) is 1. The van der Waals surface area contributed by atoms with Crippen molar-refractivity contribution in [2.45, 2.75) is 37.6 Å². The maximum atomic E-state index is 12.4. The van der Waals surface area contributed by atoms with Gasteiger partial charge in [0, 0.05) is 12.6 Å². The van der Waals surface area contributed by atoms with E-state index in [1.165, 1.54) is 0 Å². The lowest BCUT2D eigenvalue weighted by molar-refractivity contribution is 0.408. The summed E-state index contributed by atoms with van der Waals surface area (Å²) in [5, 5.41) is 0. The van der Waals surface area contributed by atoms with Crippen molar-refractivity contribution in [3.63, 3.8) is 0 Å². The third-order valence-electron chi connectivity index (χ3n) is 3.70. The molecule has 112 valence electrons. The van der Waals surface area contributed by atoms with Crippen LogP contribution < -0.4 is 15.2 Å². The van der Waals surface area contributed by atoms with Gasteiger partial charge in [0.1, 0.15) is 5.75 Å². The Morgan fingerprint density at radius 1 is 1.35 bits per heavy atom. The Kier molecular flexibility index (Phi) is 4.36. The normalized spacial score (nSPS) is 17.0. The lowest BCUT2D eigenvalue weighted by Gasteiger charge is -2.17. The summed E-state index contributed by atoms with van der Waals surface area (Å²) in [5.74, 6) is 1.11. The third-order valence-corrected chi connectivity index (χ3v) is 5.17. The van der Waals surface area contributed by atoms with E-state index >= 15 is 0 Å². The van der Waals surface area contributed by atoms with Gasteiger partial charge >= 0.3 is 0 Å². The largest absolute Gasteiger partial charge is 0.496 e. The quantitative estimate of drug-likeness (QED) is 0.830. The minimum Gasteiger partial charge on any atom is -0.496 e. The lowest BCUT2D eigenvalue weighted by atomic mass is 10.1. The molecule has 1 aromatic rings. The summed E-state index contributed by atoms with van der Waals surface area (Å²) in [6.45, 7) is 4.01. The van der Waals surface area contributed by atoms with E-state index in [0.717, 1.165) is 29.7 Å². The van der Waals surface area contributed by atoms with E-state index in [1.807, 2.05) is 13.8 Å². The van der Waals surface area contributed by atoms with Crippen molar-refractivity contribution in [3.05, 3.63) is 23.3 Å². The molecule has 1 aliphatic rings. The molecule has 2 rings (SSSR count). The molecule has 0 spiro atoms. The summed E-state index contributed by atoms with van der Waals surface area (Å²) in [6.07, 6.45) is 2.09. The molecule has 0 aliphatic heterocycles. The zero-order valence-corrected chi connectivity index (χ0v) is 13.0. The van der Waals surface area contributed by atoms with Crippen LogP contribution in [0.3, 0.4) is 0 Å². The molecular weight excluding hydrogens is 276 g/mol. The van der Waals surface area contributed by atoms with Crippen LogP contribution >= 0.6 is 0 Å². The molecule has 6 heteroatoms. The van der Waals surface area contributed by atoms with Crippen LogP contribution in [0, 0.1) is 19.8 Å². The Morgan fingerprint density at radius 3 is 2.30 bits per heavy atom. The first-order valence-corrected chi connectivity index (χ1v) is 8.25. The molecule has 1 atom stereocenters. The van der Waals surface area contributed by atoms with Crippen molar-refractivity contribution in [2.75, 3.05) is 13.7 Å². The second-order valence-electron chi connectivity index (χ2n) is 5.39. The van der Waals surface area contributed by atoms with Crippen molar-refractivity contribution in [3.8, 4) is 5.75 Å². The number of nitrogens with one attached hydrogen (secondary N) is 1. The fourth-order valence-corrected chi connectivity index (χ4v) is 3.98. The molecule has 0 amide bonds. The van der Waals surface area contributed by atoms with E-state index in [1.54, 1.807) is 19.2 Å². The highest BCUT2D eigenvalue weighted by Gasteiger charge is 2.33. The topological polar surface area (TPSA) is 81.4 Å². The molecule has 20 heavy (non-hydrogen) atoms. The maximum Gasteiger partial charge on any atom is 0.240 e. The highest BCUT2D eigenvalue weighted by atomic mass is 32.2. The fourth-order valence-electron chi connectivity index (χ4n) is 2.49. The van der Waals surface area contributed by atoms with E-state index in [9.17, 15) is 8.42 Å². The zero-order chi connectivity index (χ0) is 14.9. The number of methoxy groups -OCH3 is 1. The minimum absolute atomic E-state index is 0.164. The lowest BCUT2D eigenvalue weighted by Crippen LogP contribution is -2.41. The summed E-state index contributed by atoms with van der Waals surface area (Å²) in [5.41, 5.74) is 7.28. The summed E-state index contributed by atoms with van der Waals surface area (Å²) in [4.78, 5) is 0.271. The van der Waals surface area contributed by atoms with Gasteiger partial charge in [-0.1, -0.05) is 0 Å². The Labute approximate surface area is 120 Å². The summed E-state index contributed by atoms with van der Waals surface area (Å²) < 4.78 is 32.8. The van der Waals surface area contributed by atoms with Gasteiger partial charge in [-0.2, -0.15) is 0 Å². The Morgan fingerprint density at radius 2 is 1.90 bits per heavy atom. The van der Waals surface area contributed by atoms with E-state index in [-0.39, 0.29) is 10.9 Å². The molecule has 0 aromatic heterocycles. The number of aryl methyl sites for hydroxylation is 2. The molecule has 0 bridgehead atoms. The molecule has 0 saturated heterocycles. The molecule has 1 aromatic carbocycles. The molecular formula is C14H22N2O3S. The van der Waals surface area contributed by atoms with E-state index in [4.69, 9.17) is 10.5 Å². The van der Waals surface area contributed by atoms with Crippen molar-refractivity contribution in [1.82, 2.24) is 4.72 Å². The van der Waals surface area contributed by atoms with Gasteiger partial charge in [-0.25, -0.2) is 13.1 Å². The van der Waals surface area contributed by atoms with Crippen LogP contribution in [0.5, 0.6) is 5.75 Å². The number of benzene rings is 1. The van der Waals surface area contributed by atoms with Crippen LogP contribution in [-0.4, -0.2) is 28.1 Å². The van der Waals surface area contributed by atoms with Crippen LogP contribution in [0.2, 0.25) is 0 Å². The van der Waals surface area contributed by atoms with Gasteiger partial charge in [-0.15, -0.1) is 0 Å². The molecule has 0 heterocycles. The van der Waals surface area contributed by atoms with Crippen LogP contribution in [0.25, 0.3) is 0 Å². The second-order valence-corrected chi connectivity index (χ2v) is 7.11. The van der Waals surface area contributed by atoms with Crippen molar-refractivity contribution < 1.29 is 13.2 Å². The number of hydrogen-bond donors (Lipinski definition) is 2. The van der Waals surface area contributed by atoms with Crippen molar-refractivity contribution in [2.24, 2.45) is 11.7 Å². The summed E-state index contributed by atoms with van der Waals surface area (Å²) >= 11 is 0. The Balaban J connectivity index is 2.29. The number of rotatable bonds is 6. The highest BCUT2D eigenvalue weighted by Crippen LogP contribution is 2.33. The van der Waals surface area contributed by atoms with Crippen LogP contribution in [0.1, 0.15) is 24.0 Å². The standard InChI is InChI=1S/C14H22N2O3S/c1-9-6-12(7-10(2)14(9)19-3)20(17,18)16-13(8-15)11-4-5-11/h6-7,11,13,16H,4-5,8,15H2,1-3H3. The molecule has 1 unspecified atom stereocenters. The van der Waals surface area contributed by atoms with Crippen LogP contribution in [0.4, 0.5) is 0 Å². The zero-order valence-electron chi connectivity index (χ0n) is 12.1. The fraction of sp³-hybridized carbons (Fsp3) is 0.571. The van der Waals surface area contributed by atoms with Gasteiger partial charge < -0.3 is 10.5 Å². The van der Waals surface area contributed by atoms with Gasteiger partial charge in [0.05, 0.1) is 12.0 Å². The molecule has 1 fully saturated rings. The first-order valence-electron chi connectivity index (χ1n) is 6.76. The average molecular weight is 298 g/mol. The molecule has 1 aliphatic carbocycles. The van der Waals surface area contributed by atoms with Gasteiger partial charge in [-0.3, -0.25) is 0 Å². The summed E-state index contributed by atoms with van der Waals surface area (Å²) in [7, 11) is -1.95. The maximum absolute atomic E-state index is 12.4. The number of nitrogens with two attached hydrogens (primary N) is 1. The minimum atomic E-state index is -3.53. The average Bonchev–Trinajstić information content (AvgIpc) is 3.20. The Bertz CT molecular complexity index is 571. The predicted molar refractivity (Wildman–Crippen MR) is 78.4 cm³/mol. The van der Waals surface area contributed by atoms with Crippen molar-refractivity contribution >= 4 is 10.0 Å². The molecule has 3 N–H and O–H groups in total. The van der Waals surface area contributed by atoms with Gasteiger partial charge in [0.25, 0.3) is 0 Å². The Hall–Kier alpha value is -1.11. The molecule has 1 saturated carbocycles. The molecule has 5 nitrogen and oxygen atoms in total. The van der Waals surface area contributed by atoms with Gasteiger partial charge in [0.15, 0.2) is 0 Å². The van der Waals surface area contributed by atoms with Gasteiger partial charge in [-0.05, 0) is 55.9 Å². The second kappa shape index (κ2) is 5.71.